The summed E-state index contributed by atoms with van der Waals surface area (Å²) in [5, 5.41) is 0. The predicted molar refractivity (Wildman–Crippen MR) is 73.4 cm³/mol. The molecular weight excluding hydrogens is 224 g/mol. The molecule has 96 valence electrons. The molecule has 18 heavy (non-hydrogen) atoms. The van der Waals surface area contributed by atoms with Crippen LogP contribution in [0.1, 0.15) is 31.7 Å². The smallest absolute Gasteiger partial charge is 0.230 e. The summed E-state index contributed by atoms with van der Waals surface area (Å²) in [6, 6.07) is 5.91. The Morgan fingerprint density at radius 3 is 2.94 bits per heavy atom. The number of nitrogen functional groups attached to an aromatic ring is 1. The van der Waals surface area contributed by atoms with E-state index in [-0.39, 0.29) is 5.92 Å². The number of rotatable bonds is 2. The Labute approximate surface area is 108 Å². The summed E-state index contributed by atoms with van der Waals surface area (Å²) in [5.74, 6) is 1.09. The van der Waals surface area contributed by atoms with Crippen molar-refractivity contribution < 1.29 is 4.79 Å². The van der Waals surface area contributed by atoms with Crippen LogP contribution in [0.5, 0.6) is 0 Å². The van der Waals surface area contributed by atoms with E-state index in [9.17, 15) is 4.79 Å². The summed E-state index contributed by atoms with van der Waals surface area (Å²) < 4.78 is 0. The van der Waals surface area contributed by atoms with Crippen molar-refractivity contribution in [2.24, 2.45) is 11.8 Å². The fourth-order valence-electron chi connectivity index (χ4n) is 2.89. The molecule has 0 spiro atoms. The van der Waals surface area contributed by atoms with Crippen molar-refractivity contribution in [2.45, 2.75) is 32.6 Å². The first-order chi connectivity index (χ1) is 8.66. The van der Waals surface area contributed by atoms with Crippen LogP contribution in [0, 0.1) is 11.8 Å². The minimum Gasteiger partial charge on any atom is -0.399 e. The van der Waals surface area contributed by atoms with Crippen molar-refractivity contribution in [3.8, 4) is 0 Å². The molecular formula is C15H20N2O. The first-order valence-corrected chi connectivity index (χ1v) is 6.86. The van der Waals surface area contributed by atoms with Gasteiger partial charge in [-0.15, -0.1) is 0 Å². The number of hydrogen-bond acceptors (Lipinski definition) is 2. The van der Waals surface area contributed by atoms with Gasteiger partial charge >= 0.3 is 0 Å². The molecule has 1 aliphatic carbocycles. The molecule has 0 bridgehead atoms. The van der Waals surface area contributed by atoms with E-state index in [0.717, 1.165) is 30.8 Å². The summed E-state index contributed by atoms with van der Waals surface area (Å²) in [6.45, 7) is 2.93. The summed E-state index contributed by atoms with van der Waals surface area (Å²) in [7, 11) is 0. The number of hydrogen-bond donors (Lipinski definition) is 1. The number of nitrogens with zero attached hydrogens (tertiary/aromatic N) is 1. The largest absolute Gasteiger partial charge is 0.399 e. The average molecular weight is 244 g/mol. The number of anilines is 2. The third-order valence-corrected chi connectivity index (χ3v) is 4.21. The van der Waals surface area contributed by atoms with E-state index in [2.05, 4.69) is 6.92 Å². The molecule has 1 fully saturated rings. The van der Waals surface area contributed by atoms with E-state index in [4.69, 9.17) is 5.73 Å². The number of carbonyl (C=O) groups excluding carboxylic acids is 1. The molecule has 2 N–H and O–H groups in total. The number of fused-ring (bicyclic) bond motifs is 1. The van der Waals surface area contributed by atoms with E-state index in [0.29, 0.717) is 11.8 Å². The number of aryl methyl sites for hydroxylation is 1. The predicted octanol–water partition coefficient (Wildman–Crippen LogP) is 2.59. The van der Waals surface area contributed by atoms with E-state index in [1.54, 1.807) is 0 Å². The van der Waals surface area contributed by atoms with Crippen molar-refractivity contribution in [3.05, 3.63) is 23.8 Å². The molecule has 3 rings (SSSR count). The molecule has 1 saturated carbocycles. The average Bonchev–Trinajstić information content (AvgIpc) is 3.20. The monoisotopic (exact) mass is 244 g/mol. The zero-order valence-corrected chi connectivity index (χ0v) is 10.9. The lowest BCUT2D eigenvalue weighted by atomic mass is 9.98. The van der Waals surface area contributed by atoms with Gasteiger partial charge in [-0.2, -0.15) is 0 Å². The van der Waals surface area contributed by atoms with Crippen LogP contribution >= 0.6 is 0 Å². The lowest BCUT2D eigenvalue weighted by molar-refractivity contribution is -0.122. The van der Waals surface area contributed by atoms with E-state index in [1.165, 1.54) is 18.4 Å². The maximum atomic E-state index is 12.5. The van der Waals surface area contributed by atoms with Crippen LogP contribution < -0.4 is 10.6 Å². The van der Waals surface area contributed by atoms with Gasteiger partial charge in [0.05, 0.1) is 0 Å². The zero-order valence-electron chi connectivity index (χ0n) is 10.9. The topological polar surface area (TPSA) is 46.3 Å². The number of amides is 1. The minimum atomic E-state index is 0.175. The van der Waals surface area contributed by atoms with Gasteiger partial charge in [-0.05, 0) is 55.4 Å². The van der Waals surface area contributed by atoms with Gasteiger partial charge in [0.1, 0.15) is 0 Å². The maximum Gasteiger partial charge on any atom is 0.230 e. The van der Waals surface area contributed by atoms with Gasteiger partial charge in [-0.25, -0.2) is 0 Å². The van der Waals surface area contributed by atoms with Gasteiger partial charge in [0.25, 0.3) is 0 Å². The van der Waals surface area contributed by atoms with Crippen molar-refractivity contribution in [1.82, 2.24) is 0 Å². The molecule has 0 aromatic heterocycles. The highest BCUT2D eigenvalue weighted by Crippen LogP contribution is 2.39. The number of nitrogens with two attached hydrogens (primary N) is 1. The SMILES string of the molecule is CC(C(=O)N1CCCc2cc(N)ccc21)C1CC1. The zero-order chi connectivity index (χ0) is 12.7. The Morgan fingerprint density at radius 2 is 2.22 bits per heavy atom. The maximum absolute atomic E-state index is 12.5. The van der Waals surface area contributed by atoms with E-state index >= 15 is 0 Å². The molecule has 1 atom stereocenters. The van der Waals surface area contributed by atoms with Crippen LogP contribution in [0.3, 0.4) is 0 Å². The first kappa shape index (κ1) is 11.6. The van der Waals surface area contributed by atoms with Gasteiger partial charge < -0.3 is 10.6 Å². The highest BCUT2D eigenvalue weighted by Gasteiger charge is 2.36. The van der Waals surface area contributed by atoms with Gasteiger partial charge in [-0.3, -0.25) is 4.79 Å². The lowest BCUT2D eigenvalue weighted by Crippen LogP contribution is -2.39. The van der Waals surface area contributed by atoms with Crippen LogP contribution in [0.2, 0.25) is 0 Å². The standard InChI is InChI=1S/C15H20N2O/c1-10(11-4-5-11)15(18)17-8-2-3-12-9-13(16)6-7-14(12)17/h6-7,9-11H,2-5,8,16H2,1H3. The molecule has 1 aromatic carbocycles. The molecule has 2 aliphatic rings. The first-order valence-electron chi connectivity index (χ1n) is 6.86. The summed E-state index contributed by atoms with van der Waals surface area (Å²) in [5.41, 5.74) is 8.90. The fourth-order valence-corrected chi connectivity index (χ4v) is 2.89. The molecule has 1 amide bonds. The molecule has 1 aromatic rings. The summed E-state index contributed by atoms with van der Waals surface area (Å²) >= 11 is 0. The minimum absolute atomic E-state index is 0.175. The van der Waals surface area contributed by atoms with Crippen LogP contribution in [-0.2, 0) is 11.2 Å². The van der Waals surface area contributed by atoms with Crippen LogP contribution in [-0.4, -0.2) is 12.5 Å². The van der Waals surface area contributed by atoms with Gasteiger partial charge in [0.2, 0.25) is 5.91 Å². The fraction of sp³-hybridized carbons (Fsp3) is 0.533. The molecule has 3 nitrogen and oxygen atoms in total. The summed E-state index contributed by atoms with van der Waals surface area (Å²) in [6.07, 6.45) is 4.51. The number of benzene rings is 1. The van der Waals surface area contributed by atoms with Crippen LogP contribution in [0.4, 0.5) is 11.4 Å². The van der Waals surface area contributed by atoms with Gasteiger partial charge in [-0.1, -0.05) is 6.92 Å². The highest BCUT2D eigenvalue weighted by atomic mass is 16.2. The van der Waals surface area contributed by atoms with E-state index in [1.807, 2.05) is 23.1 Å². The Hall–Kier alpha value is -1.51. The Balaban J connectivity index is 1.88. The normalized spacial score (nSPS) is 20.4. The van der Waals surface area contributed by atoms with Gasteiger partial charge in [0.15, 0.2) is 0 Å². The second-order valence-electron chi connectivity index (χ2n) is 5.61. The third-order valence-electron chi connectivity index (χ3n) is 4.21. The molecule has 3 heteroatoms. The molecule has 1 aliphatic heterocycles. The van der Waals surface area contributed by atoms with Crippen LogP contribution in [0.15, 0.2) is 18.2 Å². The molecule has 1 unspecified atom stereocenters. The Bertz CT molecular complexity index is 479. The van der Waals surface area contributed by atoms with Crippen molar-refractivity contribution in [3.63, 3.8) is 0 Å². The van der Waals surface area contributed by atoms with Crippen molar-refractivity contribution in [2.75, 3.05) is 17.2 Å². The van der Waals surface area contributed by atoms with E-state index < -0.39 is 0 Å². The van der Waals surface area contributed by atoms with Gasteiger partial charge in [0, 0.05) is 23.8 Å². The van der Waals surface area contributed by atoms with Crippen molar-refractivity contribution in [1.29, 1.82) is 0 Å². The molecule has 0 saturated heterocycles. The van der Waals surface area contributed by atoms with Crippen molar-refractivity contribution >= 4 is 17.3 Å². The second-order valence-corrected chi connectivity index (χ2v) is 5.61. The number of carbonyl (C=O) groups is 1. The second kappa shape index (κ2) is 4.30. The Kier molecular flexibility index (Phi) is 2.77. The lowest BCUT2D eigenvalue weighted by Gasteiger charge is -2.31. The molecule has 1 heterocycles. The highest BCUT2D eigenvalue weighted by molar-refractivity contribution is 5.96. The Morgan fingerprint density at radius 1 is 1.44 bits per heavy atom. The quantitative estimate of drug-likeness (QED) is 0.813. The van der Waals surface area contributed by atoms with Crippen LogP contribution in [0.25, 0.3) is 0 Å². The molecule has 0 radical (unpaired) electrons. The summed E-state index contributed by atoms with van der Waals surface area (Å²) in [4.78, 5) is 14.5. The third kappa shape index (κ3) is 1.98.